The molecule has 2 atom stereocenters. The molecule has 0 aromatic heterocycles. The van der Waals surface area contributed by atoms with Crippen molar-refractivity contribution in [2.24, 2.45) is 11.8 Å². The first-order valence-corrected chi connectivity index (χ1v) is 5.52. The van der Waals surface area contributed by atoms with Gasteiger partial charge in [-0.25, -0.2) is 0 Å². The monoisotopic (exact) mass is 199 g/mol. The Labute approximate surface area is 86.4 Å². The fraction of sp³-hybridized carbons (Fsp3) is 0.909. The zero-order valence-electron chi connectivity index (χ0n) is 9.45. The first-order valence-electron chi connectivity index (χ1n) is 5.52. The smallest absolute Gasteiger partial charge is 0.309 e. The number of carbonyl (C=O) groups excluding carboxylic acids is 1. The molecule has 1 saturated heterocycles. The van der Waals surface area contributed by atoms with Gasteiger partial charge in [0, 0.05) is 13.1 Å². The SMILES string of the molecule is CCOC(=O)C(C)CN1CCC(C)C1. The lowest BCUT2D eigenvalue weighted by atomic mass is 10.1. The molecule has 0 bridgehead atoms. The summed E-state index contributed by atoms with van der Waals surface area (Å²) in [5, 5.41) is 0. The number of likely N-dealkylation sites (tertiary alicyclic amines) is 1. The molecule has 1 heterocycles. The molecule has 1 fully saturated rings. The molecule has 0 amide bonds. The molecule has 0 radical (unpaired) electrons. The van der Waals surface area contributed by atoms with Gasteiger partial charge in [-0.3, -0.25) is 4.79 Å². The van der Waals surface area contributed by atoms with E-state index in [2.05, 4.69) is 11.8 Å². The molecule has 14 heavy (non-hydrogen) atoms. The van der Waals surface area contributed by atoms with E-state index >= 15 is 0 Å². The highest BCUT2D eigenvalue weighted by Crippen LogP contribution is 2.16. The molecule has 0 spiro atoms. The molecule has 0 aromatic carbocycles. The Morgan fingerprint density at radius 3 is 2.86 bits per heavy atom. The maximum atomic E-state index is 11.4. The van der Waals surface area contributed by atoms with Crippen molar-refractivity contribution < 1.29 is 9.53 Å². The van der Waals surface area contributed by atoms with Gasteiger partial charge < -0.3 is 9.64 Å². The van der Waals surface area contributed by atoms with Crippen LogP contribution in [0.15, 0.2) is 0 Å². The van der Waals surface area contributed by atoms with Crippen LogP contribution in [0.2, 0.25) is 0 Å². The first kappa shape index (κ1) is 11.5. The Morgan fingerprint density at radius 2 is 2.36 bits per heavy atom. The van der Waals surface area contributed by atoms with E-state index in [0.29, 0.717) is 6.61 Å². The van der Waals surface area contributed by atoms with E-state index < -0.39 is 0 Å². The lowest BCUT2D eigenvalue weighted by Gasteiger charge is -2.19. The Hall–Kier alpha value is -0.570. The molecule has 3 heteroatoms. The van der Waals surface area contributed by atoms with E-state index in [9.17, 15) is 4.79 Å². The normalized spacial score (nSPS) is 24.9. The molecular weight excluding hydrogens is 178 g/mol. The van der Waals surface area contributed by atoms with Crippen LogP contribution < -0.4 is 0 Å². The molecule has 2 unspecified atom stereocenters. The molecule has 82 valence electrons. The van der Waals surface area contributed by atoms with Crippen molar-refractivity contribution >= 4 is 5.97 Å². The maximum absolute atomic E-state index is 11.4. The Bertz CT molecular complexity index is 194. The van der Waals surface area contributed by atoms with Gasteiger partial charge in [0.25, 0.3) is 0 Å². The molecule has 3 nitrogen and oxygen atoms in total. The Morgan fingerprint density at radius 1 is 1.64 bits per heavy atom. The average molecular weight is 199 g/mol. The van der Waals surface area contributed by atoms with Crippen molar-refractivity contribution in [2.45, 2.75) is 27.2 Å². The number of ether oxygens (including phenoxy) is 1. The van der Waals surface area contributed by atoms with E-state index in [4.69, 9.17) is 4.74 Å². The number of esters is 1. The second kappa shape index (κ2) is 5.35. The minimum atomic E-state index is -0.0629. The molecule has 0 saturated carbocycles. The lowest BCUT2D eigenvalue weighted by molar-refractivity contribution is -0.147. The van der Waals surface area contributed by atoms with Crippen molar-refractivity contribution in [2.75, 3.05) is 26.2 Å². The molecule has 0 aromatic rings. The first-order chi connectivity index (χ1) is 6.63. The topological polar surface area (TPSA) is 29.5 Å². The number of hydrogen-bond donors (Lipinski definition) is 0. The third kappa shape index (κ3) is 3.29. The quantitative estimate of drug-likeness (QED) is 0.643. The van der Waals surface area contributed by atoms with Gasteiger partial charge in [0.1, 0.15) is 0 Å². The minimum absolute atomic E-state index is 0.0141. The second-order valence-corrected chi connectivity index (χ2v) is 4.31. The number of nitrogens with zero attached hydrogens (tertiary/aromatic N) is 1. The van der Waals surface area contributed by atoms with Gasteiger partial charge in [-0.15, -0.1) is 0 Å². The van der Waals surface area contributed by atoms with E-state index in [-0.39, 0.29) is 11.9 Å². The summed E-state index contributed by atoms with van der Waals surface area (Å²) in [4.78, 5) is 13.7. The summed E-state index contributed by atoms with van der Waals surface area (Å²) < 4.78 is 4.98. The summed E-state index contributed by atoms with van der Waals surface area (Å²) in [6, 6.07) is 0. The van der Waals surface area contributed by atoms with Crippen LogP contribution in [0, 0.1) is 11.8 Å². The van der Waals surface area contributed by atoms with Crippen molar-refractivity contribution in [3.63, 3.8) is 0 Å². The second-order valence-electron chi connectivity index (χ2n) is 4.31. The van der Waals surface area contributed by atoms with Crippen LogP contribution in [-0.2, 0) is 9.53 Å². The van der Waals surface area contributed by atoms with Crippen LogP contribution in [0.3, 0.4) is 0 Å². The molecule has 1 aliphatic heterocycles. The summed E-state index contributed by atoms with van der Waals surface area (Å²) in [6.45, 7) is 9.65. The van der Waals surface area contributed by atoms with Crippen LogP contribution in [-0.4, -0.2) is 37.1 Å². The summed E-state index contributed by atoms with van der Waals surface area (Å²) in [6.07, 6.45) is 1.26. The number of carbonyl (C=O) groups is 1. The van der Waals surface area contributed by atoms with Crippen molar-refractivity contribution in [1.29, 1.82) is 0 Å². The van der Waals surface area contributed by atoms with E-state index in [0.717, 1.165) is 25.6 Å². The third-order valence-electron chi connectivity index (χ3n) is 2.73. The van der Waals surface area contributed by atoms with Crippen LogP contribution >= 0.6 is 0 Å². The minimum Gasteiger partial charge on any atom is -0.466 e. The maximum Gasteiger partial charge on any atom is 0.309 e. The Kier molecular flexibility index (Phi) is 4.39. The molecule has 0 aliphatic carbocycles. The van der Waals surface area contributed by atoms with Crippen LogP contribution in [0.25, 0.3) is 0 Å². The van der Waals surface area contributed by atoms with Gasteiger partial charge in [0.15, 0.2) is 0 Å². The molecule has 1 aliphatic rings. The Balaban J connectivity index is 2.26. The highest BCUT2D eigenvalue weighted by atomic mass is 16.5. The predicted octanol–water partition coefficient (Wildman–Crippen LogP) is 1.53. The van der Waals surface area contributed by atoms with E-state index in [1.54, 1.807) is 0 Å². The fourth-order valence-corrected chi connectivity index (χ4v) is 1.94. The van der Waals surface area contributed by atoms with E-state index in [1.165, 1.54) is 6.42 Å². The standard InChI is InChI=1S/C11H21NO2/c1-4-14-11(13)10(3)8-12-6-5-9(2)7-12/h9-10H,4-8H2,1-3H3. The van der Waals surface area contributed by atoms with Crippen molar-refractivity contribution in [3.8, 4) is 0 Å². The molecule has 1 rings (SSSR count). The predicted molar refractivity (Wildman–Crippen MR) is 56.0 cm³/mol. The highest BCUT2D eigenvalue weighted by Gasteiger charge is 2.23. The fourth-order valence-electron chi connectivity index (χ4n) is 1.94. The van der Waals surface area contributed by atoms with Crippen LogP contribution in [0.1, 0.15) is 27.2 Å². The van der Waals surface area contributed by atoms with Crippen LogP contribution in [0.5, 0.6) is 0 Å². The zero-order chi connectivity index (χ0) is 10.6. The average Bonchev–Trinajstić information content (AvgIpc) is 2.51. The summed E-state index contributed by atoms with van der Waals surface area (Å²) in [5.41, 5.74) is 0. The van der Waals surface area contributed by atoms with Gasteiger partial charge in [0.2, 0.25) is 0 Å². The van der Waals surface area contributed by atoms with Gasteiger partial charge in [-0.05, 0) is 25.8 Å². The van der Waals surface area contributed by atoms with Gasteiger partial charge in [-0.2, -0.15) is 0 Å². The van der Waals surface area contributed by atoms with Gasteiger partial charge in [0.05, 0.1) is 12.5 Å². The third-order valence-corrected chi connectivity index (χ3v) is 2.73. The summed E-state index contributed by atoms with van der Waals surface area (Å²) >= 11 is 0. The van der Waals surface area contributed by atoms with E-state index in [1.807, 2.05) is 13.8 Å². The van der Waals surface area contributed by atoms with Gasteiger partial charge >= 0.3 is 5.97 Å². The van der Waals surface area contributed by atoms with Gasteiger partial charge in [-0.1, -0.05) is 13.8 Å². The molecule has 0 N–H and O–H groups in total. The summed E-state index contributed by atoms with van der Waals surface area (Å²) in [7, 11) is 0. The number of rotatable bonds is 4. The highest BCUT2D eigenvalue weighted by molar-refractivity contribution is 5.72. The largest absolute Gasteiger partial charge is 0.466 e. The summed E-state index contributed by atoms with van der Waals surface area (Å²) in [5.74, 6) is 0.733. The molecular formula is C11H21NO2. The lowest BCUT2D eigenvalue weighted by Crippen LogP contribution is -2.31. The van der Waals surface area contributed by atoms with Crippen molar-refractivity contribution in [1.82, 2.24) is 4.90 Å². The van der Waals surface area contributed by atoms with Crippen LogP contribution in [0.4, 0.5) is 0 Å². The zero-order valence-corrected chi connectivity index (χ0v) is 9.45. The van der Waals surface area contributed by atoms with Crippen molar-refractivity contribution in [3.05, 3.63) is 0 Å². The number of hydrogen-bond acceptors (Lipinski definition) is 3.